The van der Waals surface area contributed by atoms with Crippen LogP contribution in [0.15, 0.2) is 54.1 Å². The number of carbonyl (C=O) groups is 3. The summed E-state index contributed by atoms with van der Waals surface area (Å²) in [6.45, 7) is -0.342. The molecule has 0 bridgehead atoms. The Balaban J connectivity index is 1.41. The molecule has 0 aliphatic heterocycles. The van der Waals surface area contributed by atoms with Gasteiger partial charge in [0.15, 0.2) is 5.16 Å². The van der Waals surface area contributed by atoms with Gasteiger partial charge < -0.3 is 9.88 Å². The number of thioether (sulfide) groups is 1. The second-order valence-corrected chi connectivity index (χ2v) is 7.63. The van der Waals surface area contributed by atoms with E-state index in [9.17, 15) is 14.4 Å². The molecule has 3 amide bonds. The lowest BCUT2D eigenvalue weighted by atomic mass is 10.1. The Labute approximate surface area is 186 Å². The van der Waals surface area contributed by atoms with Gasteiger partial charge in [0.25, 0.3) is 17.7 Å². The Hall–Kier alpha value is -3.44. The fraction of sp³-hybridized carbons (Fsp3) is 0.158. The summed E-state index contributed by atoms with van der Waals surface area (Å²) in [6, 6.07) is 9.86. The summed E-state index contributed by atoms with van der Waals surface area (Å²) in [5, 5.41) is 11.4. The zero-order valence-corrected chi connectivity index (χ0v) is 17.9. The van der Waals surface area contributed by atoms with Gasteiger partial charge in [-0.3, -0.25) is 30.2 Å². The van der Waals surface area contributed by atoms with Crippen LogP contribution in [0.5, 0.6) is 0 Å². The molecule has 0 atom stereocenters. The lowest BCUT2D eigenvalue weighted by molar-refractivity contribution is -0.120. The molecular formula is C19H18ClN7O3S. The van der Waals surface area contributed by atoms with E-state index >= 15 is 0 Å². The van der Waals surface area contributed by atoms with Crippen molar-refractivity contribution >= 4 is 41.1 Å². The van der Waals surface area contributed by atoms with Crippen molar-refractivity contribution in [3.8, 4) is 0 Å². The van der Waals surface area contributed by atoms with E-state index in [0.717, 1.165) is 10.7 Å². The van der Waals surface area contributed by atoms with E-state index in [1.807, 2.05) is 23.7 Å². The number of hydrogen-bond acceptors (Lipinski definition) is 7. The highest BCUT2D eigenvalue weighted by molar-refractivity contribution is 7.98. The number of rotatable bonds is 7. The van der Waals surface area contributed by atoms with Crippen LogP contribution in [-0.2, 0) is 17.6 Å². The first-order valence-electron chi connectivity index (χ1n) is 8.97. The van der Waals surface area contributed by atoms with Gasteiger partial charge in [-0.1, -0.05) is 35.5 Å². The van der Waals surface area contributed by atoms with Crippen molar-refractivity contribution in [2.75, 3.05) is 6.54 Å². The van der Waals surface area contributed by atoms with Crippen LogP contribution in [0.4, 0.5) is 0 Å². The van der Waals surface area contributed by atoms with Crippen LogP contribution in [0.3, 0.4) is 0 Å². The Morgan fingerprint density at radius 2 is 1.87 bits per heavy atom. The van der Waals surface area contributed by atoms with E-state index in [-0.39, 0.29) is 12.2 Å². The average molecular weight is 460 g/mol. The summed E-state index contributed by atoms with van der Waals surface area (Å²) in [5.41, 5.74) is 6.01. The number of hydrazine groups is 1. The Morgan fingerprint density at radius 1 is 1.10 bits per heavy atom. The van der Waals surface area contributed by atoms with Crippen molar-refractivity contribution in [1.82, 2.24) is 35.9 Å². The predicted octanol–water partition coefficient (Wildman–Crippen LogP) is 1.35. The first-order chi connectivity index (χ1) is 14.9. The zero-order chi connectivity index (χ0) is 22.2. The van der Waals surface area contributed by atoms with Gasteiger partial charge in [0, 0.05) is 29.6 Å². The molecule has 2 heterocycles. The molecule has 0 radical (unpaired) electrons. The Morgan fingerprint density at radius 3 is 2.55 bits per heavy atom. The maximum absolute atomic E-state index is 12.2. The highest BCUT2D eigenvalue weighted by atomic mass is 35.5. The van der Waals surface area contributed by atoms with Crippen molar-refractivity contribution in [2.24, 2.45) is 7.05 Å². The number of benzene rings is 1. The fourth-order valence-corrected chi connectivity index (χ4v) is 3.33. The second-order valence-electron chi connectivity index (χ2n) is 6.25. The number of nitrogens with one attached hydrogen (secondary N) is 3. The highest BCUT2D eigenvalue weighted by Gasteiger charge is 2.11. The molecule has 3 rings (SSSR count). The number of pyridine rings is 1. The summed E-state index contributed by atoms with van der Waals surface area (Å²) >= 11 is 7.32. The third kappa shape index (κ3) is 6.52. The normalized spacial score (nSPS) is 10.4. The molecule has 0 aliphatic rings. The smallest absolute Gasteiger partial charge is 0.270 e. The van der Waals surface area contributed by atoms with E-state index in [2.05, 4.69) is 31.3 Å². The number of amides is 3. The molecule has 2 aromatic heterocycles. The number of aryl methyl sites for hydroxylation is 1. The number of nitrogens with zero attached hydrogens (tertiary/aromatic N) is 4. The standard InChI is InChI=1S/C19H18ClN7O3S/c1-27-11-23-26-19(27)31-10-12-2-4-13(5-3-12)17(29)25-24-16(28)9-22-18(30)15-8-14(20)6-7-21-15/h2-8,11H,9-10H2,1H3,(H,22,30)(H,24,28)(H,25,29). The number of hydrogen-bond donors (Lipinski definition) is 3. The minimum absolute atomic E-state index is 0.0850. The molecule has 0 spiro atoms. The molecule has 0 saturated carbocycles. The molecule has 31 heavy (non-hydrogen) atoms. The lowest BCUT2D eigenvalue weighted by Crippen LogP contribution is -2.46. The van der Waals surface area contributed by atoms with Crippen LogP contribution in [0, 0.1) is 0 Å². The number of halogens is 1. The molecule has 0 saturated heterocycles. The number of aromatic nitrogens is 4. The fourth-order valence-electron chi connectivity index (χ4n) is 2.33. The molecule has 10 nitrogen and oxygen atoms in total. The Bertz CT molecular complexity index is 1090. The van der Waals surface area contributed by atoms with Crippen LogP contribution in [0.25, 0.3) is 0 Å². The van der Waals surface area contributed by atoms with Crippen LogP contribution in [-0.4, -0.2) is 44.0 Å². The highest BCUT2D eigenvalue weighted by Crippen LogP contribution is 2.20. The van der Waals surface area contributed by atoms with Crippen LogP contribution in [0.1, 0.15) is 26.4 Å². The van der Waals surface area contributed by atoms with Gasteiger partial charge in [-0.15, -0.1) is 10.2 Å². The minimum atomic E-state index is -0.597. The summed E-state index contributed by atoms with van der Waals surface area (Å²) < 4.78 is 1.82. The summed E-state index contributed by atoms with van der Waals surface area (Å²) in [4.78, 5) is 39.8. The van der Waals surface area contributed by atoms with Gasteiger partial charge >= 0.3 is 0 Å². The lowest BCUT2D eigenvalue weighted by Gasteiger charge is -2.09. The SMILES string of the molecule is Cn1cnnc1SCc1ccc(C(=O)NNC(=O)CNC(=O)c2cc(Cl)ccn2)cc1. The van der Waals surface area contributed by atoms with Crippen molar-refractivity contribution in [3.05, 3.63) is 70.8 Å². The van der Waals surface area contributed by atoms with Crippen molar-refractivity contribution in [1.29, 1.82) is 0 Å². The quantitative estimate of drug-likeness (QED) is 0.359. The molecule has 0 unspecified atom stereocenters. The maximum Gasteiger partial charge on any atom is 0.270 e. The van der Waals surface area contributed by atoms with E-state index < -0.39 is 17.7 Å². The topological polar surface area (TPSA) is 131 Å². The monoisotopic (exact) mass is 459 g/mol. The molecule has 0 aliphatic carbocycles. The first-order valence-corrected chi connectivity index (χ1v) is 10.3. The molecule has 0 fully saturated rings. The summed E-state index contributed by atoms with van der Waals surface area (Å²) in [7, 11) is 1.86. The van der Waals surface area contributed by atoms with Crippen molar-refractivity contribution < 1.29 is 14.4 Å². The maximum atomic E-state index is 12.2. The van der Waals surface area contributed by atoms with E-state index in [4.69, 9.17) is 11.6 Å². The first kappa shape index (κ1) is 22.2. The van der Waals surface area contributed by atoms with Crippen LogP contribution in [0.2, 0.25) is 5.02 Å². The van der Waals surface area contributed by atoms with Crippen LogP contribution >= 0.6 is 23.4 Å². The van der Waals surface area contributed by atoms with E-state index in [1.165, 1.54) is 30.1 Å². The zero-order valence-electron chi connectivity index (χ0n) is 16.3. The third-order valence-electron chi connectivity index (χ3n) is 3.93. The Kier molecular flexibility index (Phi) is 7.57. The second kappa shape index (κ2) is 10.5. The third-order valence-corrected chi connectivity index (χ3v) is 5.27. The van der Waals surface area contributed by atoms with Gasteiger partial charge in [0.1, 0.15) is 12.0 Å². The van der Waals surface area contributed by atoms with E-state index in [1.54, 1.807) is 18.5 Å². The molecule has 3 N–H and O–H groups in total. The summed E-state index contributed by atoms with van der Waals surface area (Å²) in [5.74, 6) is -0.963. The van der Waals surface area contributed by atoms with Crippen LogP contribution < -0.4 is 16.2 Å². The predicted molar refractivity (Wildman–Crippen MR) is 114 cm³/mol. The molecule has 160 valence electrons. The average Bonchev–Trinajstić information content (AvgIpc) is 3.19. The van der Waals surface area contributed by atoms with Crippen molar-refractivity contribution in [3.63, 3.8) is 0 Å². The van der Waals surface area contributed by atoms with Gasteiger partial charge in [-0.25, -0.2) is 0 Å². The van der Waals surface area contributed by atoms with Gasteiger partial charge in [0.2, 0.25) is 0 Å². The molecular weight excluding hydrogens is 442 g/mol. The van der Waals surface area contributed by atoms with Gasteiger partial charge in [-0.2, -0.15) is 0 Å². The molecule has 3 aromatic rings. The van der Waals surface area contributed by atoms with Crippen molar-refractivity contribution in [2.45, 2.75) is 10.9 Å². The van der Waals surface area contributed by atoms with E-state index in [0.29, 0.717) is 16.3 Å². The largest absolute Gasteiger partial charge is 0.342 e. The molecule has 12 heteroatoms. The van der Waals surface area contributed by atoms with Gasteiger partial charge in [0.05, 0.1) is 6.54 Å². The minimum Gasteiger partial charge on any atom is -0.342 e. The number of carbonyl (C=O) groups excluding carboxylic acids is 3. The van der Waals surface area contributed by atoms with Gasteiger partial charge in [-0.05, 0) is 29.8 Å². The summed E-state index contributed by atoms with van der Waals surface area (Å²) in [6.07, 6.45) is 3.01. The molecule has 1 aromatic carbocycles.